The molecule has 2 nitrogen and oxygen atoms in total. The Morgan fingerprint density at radius 2 is 2.14 bits per heavy atom. The third-order valence-electron chi connectivity index (χ3n) is 0.441. The quantitative estimate of drug-likeness (QED) is 0.459. The van der Waals surface area contributed by atoms with Crippen molar-refractivity contribution in [3.8, 4) is 0 Å². The molecule has 0 amide bonds. The first kappa shape index (κ1) is 6.21. The molecule has 0 saturated heterocycles. The summed E-state index contributed by atoms with van der Waals surface area (Å²) in [7, 11) is 3.68. The summed E-state index contributed by atoms with van der Waals surface area (Å²) in [6.45, 7) is 0. The topological polar surface area (TPSA) is 20.3 Å². The predicted octanol–water partition coefficient (Wildman–Crippen LogP) is 0.171. The van der Waals surface area contributed by atoms with Crippen LogP contribution in [-0.2, 0) is 4.79 Å². The first-order valence-corrected chi connectivity index (χ1v) is 1.98. The van der Waals surface area contributed by atoms with Crippen molar-refractivity contribution in [2.75, 3.05) is 14.1 Å². The van der Waals surface area contributed by atoms with E-state index in [4.69, 9.17) is 0 Å². The van der Waals surface area contributed by atoms with E-state index in [-0.39, 0.29) is 0 Å². The minimum Gasteiger partial charge on any atom is -0.383 e. The Kier molecular flexibility index (Phi) is 3.02. The number of allylic oxidation sites excluding steroid dienone is 1. The summed E-state index contributed by atoms with van der Waals surface area (Å²) >= 11 is 0. The van der Waals surface area contributed by atoms with E-state index in [0.717, 1.165) is 0 Å². The number of nitrogens with zero attached hydrogens (tertiary/aromatic N) is 1. The normalized spacial score (nSPS) is 9.43. The highest BCUT2D eigenvalue weighted by Crippen LogP contribution is 1.71. The van der Waals surface area contributed by atoms with Crippen LogP contribution >= 0.6 is 0 Å². The SMILES string of the molecule is CN(C)/C=C/[C]=O. The summed E-state index contributed by atoms with van der Waals surface area (Å²) < 4.78 is 0. The van der Waals surface area contributed by atoms with Crippen LogP contribution in [0.2, 0.25) is 0 Å². The van der Waals surface area contributed by atoms with E-state index in [1.54, 1.807) is 17.4 Å². The van der Waals surface area contributed by atoms with Gasteiger partial charge in [0.1, 0.15) is 0 Å². The van der Waals surface area contributed by atoms with E-state index < -0.39 is 0 Å². The second-order valence-electron chi connectivity index (χ2n) is 1.40. The average molecular weight is 98.1 g/mol. The lowest BCUT2D eigenvalue weighted by Crippen LogP contribution is -1.99. The fourth-order valence-corrected chi connectivity index (χ4v) is 0.180. The van der Waals surface area contributed by atoms with Crippen LogP contribution in [-0.4, -0.2) is 25.3 Å². The van der Waals surface area contributed by atoms with Gasteiger partial charge in [-0.2, -0.15) is 0 Å². The lowest BCUT2D eigenvalue weighted by Gasteiger charge is -1.99. The van der Waals surface area contributed by atoms with Crippen molar-refractivity contribution in [2.24, 2.45) is 0 Å². The minimum atomic E-state index is 1.32. The highest BCUT2D eigenvalue weighted by Gasteiger charge is 1.70. The van der Waals surface area contributed by atoms with Crippen molar-refractivity contribution in [3.05, 3.63) is 12.3 Å². The highest BCUT2D eigenvalue weighted by atomic mass is 16.1. The third-order valence-corrected chi connectivity index (χ3v) is 0.441. The molecule has 2 heteroatoms. The largest absolute Gasteiger partial charge is 0.383 e. The summed E-state index contributed by atoms with van der Waals surface area (Å²) in [6.07, 6.45) is 4.58. The van der Waals surface area contributed by atoms with E-state index in [9.17, 15) is 4.79 Å². The highest BCUT2D eigenvalue weighted by molar-refractivity contribution is 5.65. The van der Waals surface area contributed by atoms with Gasteiger partial charge >= 0.3 is 0 Å². The van der Waals surface area contributed by atoms with Crippen LogP contribution in [0.3, 0.4) is 0 Å². The van der Waals surface area contributed by atoms with Crippen molar-refractivity contribution in [3.63, 3.8) is 0 Å². The van der Waals surface area contributed by atoms with Gasteiger partial charge in [0, 0.05) is 26.4 Å². The lowest BCUT2D eigenvalue weighted by molar-refractivity contribution is 0.553. The van der Waals surface area contributed by atoms with Gasteiger partial charge in [0.2, 0.25) is 6.29 Å². The standard InChI is InChI=1S/C5H8NO/c1-6(2)4-3-5-7/h3-4H,1-2H3/b4-3+. The average Bonchev–Trinajstić information content (AvgIpc) is 1.61. The number of hydrogen-bond acceptors (Lipinski definition) is 2. The molecule has 0 unspecified atom stereocenters. The zero-order valence-electron chi connectivity index (χ0n) is 4.51. The van der Waals surface area contributed by atoms with Crippen LogP contribution in [0.4, 0.5) is 0 Å². The molecule has 0 bridgehead atoms. The first-order chi connectivity index (χ1) is 3.27. The van der Waals surface area contributed by atoms with Gasteiger partial charge in [0.05, 0.1) is 0 Å². The van der Waals surface area contributed by atoms with Gasteiger partial charge in [-0.3, -0.25) is 4.79 Å². The van der Waals surface area contributed by atoms with E-state index in [0.29, 0.717) is 0 Å². The van der Waals surface area contributed by atoms with Crippen molar-refractivity contribution in [2.45, 2.75) is 0 Å². The Balaban J connectivity index is 3.25. The molecule has 0 aromatic heterocycles. The molecule has 0 rings (SSSR count). The number of hydrogen-bond donors (Lipinski definition) is 0. The van der Waals surface area contributed by atoms with E-state index >= 15 is 0 Å². The molecule has 39 valence electrons. The molecule has 7 heavy (non-hydrogen) atoms. The summed E-state index contributed by atoms with van der Waals surface area (Å²) in [5, 5.41) is 0. The molecule has 1 radical (unpaired) electrons. The second-order valence-corrected chi connectivity index (χ2v) is 1.40. The van der Waals surface area contributed by atoms with Gasteiger partial charge in [-0.25, -0.2) is 0 Å². The van der Waals surface area contributed by atoms with Gasteiger partial charge in [0.15, 0.2) is 0 Å². The van der Waals surface area contributed by atoms with Crippen molar-refractivity contribution >= 4 is 6.29 Å². The van der Waals surface area contributed by atoms with Crippen LogP contribution in [0.15, 0.2) is 12.3 Å². The minimum absolute atomic E-state index is 1.32. The smallest absolute Gasteiger partial charge is 0.227 e. The summed E-state index contributed by atoms with van der Waals surface area (Å²) in [4.78, 5) is 11.2. The molecule has 0 aliphatic rings. The molecule has 0 heterocycles. The van der Waals surface area contributed by atoms with Crippen LogP contribution < -0.4 is 0 Å². The molecular weight excluding hydrogens is 90.1 g/mol. The van der Waals surface area contributed by atoms with Gasteiger partial charge in [-0.1, -0.05) is 0 Å². The van der Waals surface area contributed by atoms with Gasteiger partial charge in [-0.15, -0.1) is 0 Å². The third kappa shape index (κ3) is 5.21. The van der Waals surface area contributed by atoms with Crippen molar-refractivity contribution in [1.29, 1.82) is 0 Å². The van der Waals surface area contributed by atoms with E-state index in [2.05, 4.69) is 0 Å². The molecule has 0 aliphatic carbocycles. The Morgan fingerprint density at radius 3 is 2.29 bits per heavy atom. The van der Waals surface area contributed by atoms with Gasteiger partial charge in [-0.05, 0) is 0 Å². The Morgan fingerprint density at radius 1 is 1.57 bits per heavy atom. The van der Waals surface area contributed by atoms with Crippen LogP contribution in [0, 0.1) is 0 Å². The number of carbonyl (C=O) groups excluding carboxylic acids is 1. The zero-order valence-corrected chi connectivity index (χ0v) is 4.51. The van der Waals surface area contributed by atoms with E-state index in [1.165, 1.54) is 6.08 Å². The van der Waals surface area contributed by atoms with Crippen LogP contribution in [0.1, 0.15) is 0 Å². The number of rotatable bonds is 2. The van der Waals surface area contributed by atoms with Crippen LogP contribution in [0.25, 0.3) is 0 Å². The monoisotopic (exact) mass is 98.1 g/mol. The Hall–Kier alpha value is -0.790. The zero-order chi connectivity index (χ0) is 5.70. The van der Waals surface area contributed by atoms with Gasteiger partial charge < -0.3 is 4.90 Å². The molecule has 0 aromatic rings. The maximum absolute atomic E-state index is 9.47. The predicted molar refractivity (Wildman–Crippen MR) is 28.5 cm³/mol. The fraction of sp³-hybridized carbons (Fsp3) is 0.400. The Labute approximate surface area is 43.4 Å². The molecule has 0 aromatic carbocycles. The van der Waals surface area contributed by atoms with Crippen LogP contribution in [0.5, 0.6) is 0 Å². The van der Waals surface area contributed by atoms with E-state index in [1.807, 2.05) is 14.1 Å². The molecular formula is C5H8NO. The second kappa shape index (κ2) is 3.40. The molecule has 0 atom stereocenters. The van der Waals surface area contributed by atoms with Crippen molar-refractivity contribution < 1.29 is 4.79 Å². The Bertz CT molecular complexity index is 76.1. The molecule has 0 aliphatic heterocycles. The summed E-state index contributed by atoms with van der Waals surface area (Å²) in [6, 6.07) is 0. The molecule has 0 saturated carbocycles. The summed E-state index contributed by atoms with van der Waals surface area (Å²) in [5.41, 5.74) is 0. The maximum atomic E-state index is 9.47. The summed E-state index contributed by atoms with van der Waals surface area (Å²) in [5.74, 6) is 0. The van der Waals surface area contributed by atoms with Crippen molar-refractivity contribution in [1.82, 2.24) is 4.90 Å². The molecule has 0 N–H and O–H groups in total. The molecule has 0 fully saturated rings. The first-order valence-electron chi connectivity index (χ1n) is 1.98. The van der Waals surface area contributed by atoms with Gasteiger partial charge in [0.25, 0.3) is 0 Å². The fourth-order valence-electron chi connectivity index (χ4n) is 0.180. The lowest BCUT2D eigenvalue weighted by atomic mass is 10.6. The molecule has 0 spiro atoms. The maximum Gasteiger partial charge on any atom is 0.227 e.